The van der Waals surface area contributed by atoms with Crippen molar-refractivity contribution in [2.75, 3.05) is 5.32 Å². The molecule has 0 aliphatic carbocycles. The summed E-state index contributed by atoms with van der Waals surface area (Å²) >= 11 is 1.36. The molecule has 104 valence electrons. The van der Waals surface area contributed by atoms with Crippen molar-refractivity contribution in [3.63, 3.8) is 0 Å². The number of anilines is 1. The minimum absolute atomic E-state index is 0.120. The quantitative estimate of drug-likeness (QED) is 0.668. The lowest BCUT2D eigenvalue weighted by atomic mass is 10.3. The molecule has 1 atom stereocenters. The smallest absolute Gasteiger partial charge is 0.237 e. The second-order valence-corrected chi connectivity index (χ2v) is 5.66. The van der Waals surface area contributed by atoms with Crippen molar-refractivity contribution >= 4 is 23.4 Å². The molecule has 0 fully saturated rings. The lowest BCUT2D eigenvalue weighted by molar-refractivity contribution is -0.115. The second kappa shape index (κ2) is 6.38. The van der Waals surface area contributed by atoms with E-state index in [4.69, 9.17) is 0 Å². The van der Waals surface area contributed by atoms with E-state index in [0.717, 1.165) is 10.7 Å². The van der Waals surface area contributed by atoms with Crippen molar-refractivity contribution in [2.45, 2.75) is 24.1 Å². The summed E-state index contributed by atoms with van der Waals surface area (Å²) in [6, 6.07) is 8.30. The molecule has 1 aromatic heterocycles. The van der Waals surface area contributed by atoms with Gasteiger partial charge in [-0.2, -0.15) is 0 Å². The number of aryl methyl sites for hydroxylation is 1. The van der Waals surface area contributed by atoms with Crippen LogP contribution >= 0.6 is 11.8 Å². The molecule has 5 nitrogen and oxygen atoms in total. The molecule has 0 aliphatic rings. The Kier molecular flexibility index (Phi) is 4.57. The fourth-order valence-electron chi connectivity index (χ4n) is 1.56. The van der Waals surface area contributed by atoms with Crippen LogP contribution in [0.3, 0.4) is 0 Å². The van der Waals surface area contributed by atoms with Gasteiger partial charge in [0.2, 0.25) is 5.91 Å². The van der Waals surface area contributed by atoms with Crippen molar-refractivity contribution < 1.29 is 9.90 Å². The van der Waals surface area contributed by atoms with Gasteiger partial charge in [-0.15, -0.1) is 0 Å². The third-order valence-electron chi connectivity index (χ3n) is 2.56. The van der Waals surface area contributed by atoms with Crippen molar-refractivity contribution in [1.29, 1.82) is 0 Å². The number of aromatic nitrogens is 2. The Morgan fingerprint density at radius 1 is 1.35 bits per heavy atom. The first kappa shape index (κ1) is 14.3. The van der Waals surface area contributed by atoms with E-state index in [9.17, 15) is 9.90 Å². The Morgan fingerprint density at radius 3 is 2.85 bits per heavy atom. The highest BCUT2D eigenvalue weighted by Crippen LogP contribution is 2.23. The van der Waals surface area contributed by atoms with Crippen LogP contribution in [0.15, 0.2) is 41.7 Å². The molecule has 0 saturated carbocycles. The molecule has 1 heterocycles. The van der Waals surface area contributed by atoms with Gasteiger partial charge in [0, 0.05) is 17.4 Å². The maximum absolute atomic E-state index is 12.1. The number of nitrogens with zero attached hydrogens (tertiary/aromatic N) is 2. The summed E-state index contributed by atoms with van der Waals surface area (Å²) in [4.78, 5) is 20.2. The Morgan fingerprint density at radius 2 is 2.15 bits per heavy atom. The number of amides is 1. The topological polar surface area (TPSA) is 75.1 Å². The first-order valence-corrected chi connectivity index (χ1v) is 6.98. The maximum atomic E-state index is 12.1. The molecule has 0 unspecified atom stereocenters. The summed E-state index contributed by atoms with van der Waals surface area (Å²) in [5, 5.41) is 12.6. The van der Waals surface area contributed by atoms with Gasteiger partial charge < -0.3 is 10.4 Å². The van der Waals surface area contributed by atoms with Crippen LogP contribution in [0.1, 0.15) is 12.6 Å². The Balaban J connectivity index is 1.98. The maximum Gasteiger partial charge on any atom is 0.237 e. The molecule has 1 aromatic carbocycles. The molecular weight excluding hydrogens is 274 g/mol. The summed E-state index contributed by atoms with van der Waals surface area (Å²) in [5.74, 6) is -0.0219. The molecule has 0 saturated heterocycles. The summed E-state index contributed by atoms with van der Waals surface area (Å²) in [7, 11) is 0. The number of benzene rings is 1. The Labute approximate surface area is 121 Å². The van der Waals surface area contributed by atoms with Gasteiger partial charge in [-0.1, -0.05) is 17.8 Å². The number of hydrogen-bond acceptors (Lipinski definition) is 5. The molecule has 2 aromatic rings. The van der Waals surface area contributed by atoms with Crippen LogP contribution < -0.4 is 5.32 Å². The normalized spacial score (nSPS) is 11.9. The molecule has 2 N–H and O–H groups in total. The third kappa shape index (κ3) is 3.96. The van der Waals surface area contributed by atoms with E-state index in [1.165, 1.54) is 24.2 Å². The number of carbonyl (C=O) groups excluding carboxylic acids is 1. The first-order chi connectivity index (χ1) is 9.54. The standard InChI is InChI=1S/C14H15N3O2S/c1-9-6-13(16-8-15-9)20-10(2)14(19)17-11-4-3-5-12(18)7-11/h3-8,10,18H,1-2H3,(H,17,19)/t10-/m0/s1. The number of phenolic OH excluding ortho intramolecular Hbond substituents is 1. The van der Waals surface area contributed by atoms with Crippen molar-refractivity contribution in [3.8, 4) is 5.75 Å². The second-order valence-electron chi connectivity index (χ2n) is 4.30. The molecule has 0 aliphatic heterocycles. The molecule has 0 bridgehead atoms. The van der Waals surface area contributed by atoms with Crippen molar-refractivity contribution in [2.24, 2.45) is 0 Å². The van der Waals surface area contributed by atoms with E-state index in [1.807, 2.05) is 13.0 Å². The zero-order valence-electron chi connectivity index (χ0n) is 11.2. The molecule has 0 spiro atoms. The lowest BCUT2D eigenvalue weighted by Gasteiger charge is -2.11. The van der Waals surface area contributed by atoms with E-state index < -0.39 is 0 Å². The van der Waals surface area contributed by atoms with Crippen LogP contribution in [-0.2, 0) is 4.79 Å². The fraction of sp³-hybridized carbons (Fsp3) is 0.214. The average Bonchev–Trinajstić information content (AvgIpc) is 2.38. The first-order valence-electron chi connectivity index (χ1n) is 6.10. The number of thioether (sulfide) groups is 1. The molecule has 1 amide bonds. The molecule has 2 rings (SSSR count). The minimum atomic E-state index is -0.299. The van der Waals surface area contributed by atoms with E-state index in [2.05, 4.69) is 15.3 Å². The largest absolute Gasteiger partial charge is 0.508 e. The molecule has 20 heavy (non-hydrogen) atoms. The predicted molar refractivity (Wildman–Crippen MR) is 78.8 cm³/mol. The number of aromatic hydroxyl groups is 1. The number of nitrogens with one attached hydrogen (secondary N) is 1. The van der Waals surface area contributed by atoms with E-state index in [1.54, 1.807) is 25.1 Å². The number of carbonyl (C=O) groups is 1. The van der Waals surface area contributed by atoms with E-state index >= 15 is 0 Å². The number of phenols is 1. The van der Waals surface area contributed by atoms with Gasteiger partial charge >= 0.3 is 0 Å². The lowest BCUT2D eigenvalue weighted by Crippen LogP contribution is -2.22. The van der Waals surface area contributed by atoms with Crippen molar-refractivity contribution in [3.05, 3.63) is 42.4 Å². The highest BCUT2D eigenvalue weighted by Gasteiger charge is 2.15. The predicted octanol–water partition coefficient (Wildman–Crippen LogP) is 2.61. The Bertz CT molecular complexity index is 619. The van der Waals surface area contributed by atoms with E-state index in [0.29, 0.717) is 5.69 Å². The van der Waals surface area contributed by atoms with Crippen LogP contribution in [0.2, 0.25) is 0 Å². The summed E-state index contributed by atoms with van der Waals surface area (Å²) in [6.45, 7) is 3.68. The minimum Gasteiger partial charge on any atom is -0.508 e. The van der Waals surface area contributed by atoms with Gasteiger partial charge in [-0.05, 0) is 32.0 Å². The highest BCUT2D eigenvalue weighted by molar-refractivity contribution is 8.00. The summed E-state index contributed by atoms with van der Waals surface area (Å²) in [5.41, 5.74) is 1.43. The van der Waals surface area contributed by atoms with E-state index in [-0.39, 0.29) is 16.9 Å². The van der Waals surface area contributed by atoms with Gasteiger partial charge in [0.25, 0.3) is 0 Å². The van der Waals surface area contributed by atoms with Gasteiger partial charge in [0.1, 0.15) is 17.1 Å². The SMILES string of the molecule is Cc1cc(S[C@@H](C)C(=O)Nc2cccc(O)c2)ncn1. The summed E-state index contributed by atoms with van der Waals surface area (Å²) < 4.78 is 0. The zero-order chi connectivity index (χ0) is 14.5. The van der Waals surface area contributed by atoms with Crippen LogP contribution in [0.25, 0.3) is 0 Å². The van der Waals surface area contributed by atoms with Gasteiger partial charge in [0.05, 0.1) is 5.25 Å². The molecular formula is C14H15N3O2S. The van der Waals surface area contributed by atoms with Crippen LogP contribution in [0.4, 0.5) is 5.69 Å². The number of rotatable bonds is 4. The van der Waals surface area contributed by atoms with Gasteiger partial charge in [0.15, 0.2) is 0 Å². The third-order valence-corrected chi connectivity index (χ3v) is 3.59. The number of hydrogen-bond donors (Lipinski definition) is 2. The van der Waals surface area contributed by atoms with Gasteiger partial charge in [-0.3, -0.25) is 4.79 Å². The fourth-order valence-corrected chi connectivity index (χ4v) is 2.43. The van der Waals surface area contributed by atoms with Crippen LogP contribution in [-0.4, -0.2) is 26.2 Å². The molecule has 0 radical (unpaired) electrons. The highest BCUT2D eigenvalue weighted by atomic mass is 32.2. The van der Waals surface area contributed by atoms with Gasteiger partial charge in [-0.25, -0.2) is 9.97 Å². The average molecular weight is 289 g/mol. The summed E-state index contributed by atoms with van der Waals surface area (Å²) in [6.07, 6.45) is 1.48. The zero-order valence-corrected chi connectivity index (χ0v) is 12.0. The van der Waals surface area contributed by atoms with Crippen LogP contribution in [0, 0.1) is 6.92 Å². The molecule has 6 heteroatoms. The Hall–Kier alpha value is -2.08. The van der Waals surface area contributed by atoms with Crippen LogP contribution in [0.5, 0.6) is 5.75 Å². The monoisotopic (exact) mass is 289 g/mol. The van der Waals surface area contributed by atoms with Crippen molar-refractivity contribution in [1.82, 2.24) is 9.97 Å².